The van der Waals surface area contributed by atoms with Crippen LogP contribution in [0.2, 0.25) is 0 Å². The standard InChI is InChI=1S/C11H14N2OS/c1-3-9-6-4-5-7-10(9)13-11(15)12-8(2)14/h4-7H,3H2,1-2H3,(H2,12,13,14,15). The van der Waals surface area contributed by atoms with Crippen molar-refractivity contribution in [2.45, 2.75) is 20.3 Å². The Kier molecular flexibility index (Phi) is 4.24. The maximum atomic E-state index is 10.8. The van der Waals surface area contributed by atoms with Gasteiger partial charge in [-0.3, -0.25) is 4.79 Å². The van der Waals surface area contributed by atoms with Gasteiger partial charge in [-0.05, 0) is 30.3 Å². The molecule has 1 amide bonds. The number of carbonyl (C=O) groups is 1. The number of nitrogens with one attached hydrogen (secondary N) is 2. The van der Waals surface area contributed by atoms with Crippen molar-refractivity contribution in [1.29, 1.82) is 0 Å². The summed E-state index contributed by atoms with van der Waals surface area (Å²) in [5.74, 6) is -0.165. The maximum Gasteiger partial charge on any atom is 0.222 e. The monoisotopic (exact) mass is 222 g/mol. The molecule has 0 radical (unpaired) electrons. The molecule has 4 heteroatoms. The van der Waals surface area contributed by atoms with Crippen molar-refractivity contribution in [2.75, 3.05) is 5.32 Å². The van der Waals surface area contributed by atoms with Crippen molar-refractivity contribution in [3.8, 4) is 0 Å². The van der Waals surface area contributed by atoms with Crippen LogP contribution in [0.15, 0.2) is 24.3 Å². The van der Waals surface area contributed by atoms with Gasteiger partial charge < -0.3 is 10.6 Å². The fraction of sp³-hybridized carbons (Fsp3) is 0.273. The van der Waals surface area contributed by atoms with E-state index >= 15 is 0 Å². The summed E-state index contributed by atoms with van der Waals surface area (Å²) in [7, 11) is 0. The zero-order chi connectivity index (χ0) is 11.3. The van der Waals surface area contributed by atoms with Gasteiger partial charge in [0.15, 0.2) is 5.11 Å². The highest BCUT2D eigenvalue weighted by atomic mass is 32.1. The molecule has 1 rings (SSSR count). The molecule has 0 heterocycles. The molecule has 0 spiro atoms. The van der Waals surface area contributed by atoms with E-state index in [0.717, 1.165) is 12.1 Å². The Morgan fingerprint density at radius 1 is 1.40 bits per heavy atom. The van der Waals surface area contributed by atoms with Crippen molar-refractivity contribution in [2.24, 2.45) is 0 Å². The predicted molar refractivity (Wildman–Crippen MR) is 65.9 cm³/mol. The molecule has 3 nitrogen and oxygen atoms in total. The molecule has 1 aromatic rings. The summed E-state index contributed by atoms with van der Waals surface area (Å²) in [5.41, 5.74) is 2.11. The molecular weight excluding hydrogens is 208 g/mol. The highest BCUT2D eigenvalue weighted by Crippen LogP contribution is 2.14. The van der Waals surface area contributed by atoms with E-state index in [1.165, 1.54) is 12.5 Å². The topological polar surface area (TPSA) is 41.1 Å². The summed E-state index contributed by atoms with van der Waals surface area (Å²) in [6.07, 6.45) is 0.922. The fourth-order valence-electron chi connectivity index (χ4n) is 1.26. The second-order valence-corrected chi connectivity index (χ2v) is 3.55. The minimum atomic E-state index is -0.165. The molecule has 0 aliphatic carbocycles. The Labute approximate surface area is 94.9 Å². The number of hydrogen-bond acceptors (Lipinski definition) is 2. The number of thiocarbonyl (C=S) groups is 1. The van der Waals surface area contributed by atoms with Gasteiger partial charge in [0.2, 0.25) is 5.91 Å². The van der Waals surface area contributed by atoms with E-state index in [1.54, 1.807) is 0 Å². The first-order valence-corrected chi connectivity index (χ1v) is 5.20. The third-order valence-electron chi connectivity index (χ3n) is 1.94. The fourth-order valence-corrected chi connectivity index (χ4v) is 1.52. The van der Waals surface area contributed by atoms with Crippen LogP contribution in [0.25, 0.3) is 0 Å². The van der Waals surface area contributed by atoms with Gasteiger partial charge in [0, 0.05) is 12.6 Å². The second-order valence-electron chi connectivity index (χ2n) is 3.15. The largest absolute Gasteiger partial charge is 0.332 e. The van der Waals surface area contributed by atoms with Crippen LogP contribution in [0, 0.1) is 0 Å². The smallest absolute Gasteiger partial charge is 0.222 e. The minimum Gasteiger partial charge on any atom is -0.332 e. The molecule has 0 saturated heterocycles. The molecule has 0 saturated carbocycles. The molecule has 0 aliphatic heterocycles. The first kappa shape index (κ1) is 11.7. The number of rotatable bonds is 2. The van der Waals surface area contributed by atoms with E-state index in [-0.39, 0.29) is 5.91 Å². The molecule has 1 aromatic carbocycles. The van der Waals surface area contributed by atoms with Gasteiger partial charge in [0.1, 0.15) is 0 Å². The van der Waals surface area contributed by atoms with Gasteiger partial charge in [-0.15, -0.1) is 0 Å². The highest BCUT2D eigenvalue weighted by molar-refractivity contribution is 7.80. The number of aryl methyl sites for hydroxylation is 1. The Bertz CT molecular complexity index is 377. The van der Waals surface area contributed by atoms with Crippen LogP contribution in [-0.2, 0) is 11.2 Å². The van der Waals surface area contributed by atoms with E-state index in [4.69, 9.17) is 12.2 Å². The van der Waals surface area contributed by atoms with E-state index in [9.17, 15) is 4.79 Å². The Morgan fingerprint density at radius 3 is 2.67 bits per heavy atom. The SMILES string of the molecule is CCc1ccccc1NC(=S)NC(C)=O. The number of benzene rings is 1. The minimum absolute atomic E-state index is 0.165. The maximum absolute atomic E-state index is 10.8. The van der Waals surface area contributed by atoms with Gasteiger partial charge >= 0.3 is 0 Å². The summed E-state index contributed by atoms with van der Waals surface area (Å²) in [5, 5.41) is 5.85. The molecule has 0 fully saturated rings. The highest BCUT2D eigenvalue weighted by Gasteiger charge is 2.02. The van der Waals surface area contributed by atoms with Gasteiger partial charge in [0.25, 0.3) is 0 Å². The average Bonchev–Trinajstić information content (AvgIpc) is 2.17. The number of para-hydroxylation sites is 1. The number of hydrogen-bond donors (Lipinski definition) is 2. The van der Waals surface area contributed by atoms with Crippen LogP contribution in [0.3, 0.4) is 0 Å². The van der Waals surface area contributed by atoms with Crippen LogP contribution in [-0.4, -0.2) is 11.0 Å². The quantitative estimate of drug-likeness (QED) is 0.753. The van der Waals surface area contributed by atoms with Gasteiger partial charge in [-0.1, -0.05) is 25.1 Å². The lowest BCUT2D eigenvalue weighted by molar-refractivity contribution is -0.117. The molecule has 15 heavy (non-hydrogen) atoms. The predicted octanol–water partition coefficient (Wildman–Crippen LogP) is 2.08. The molecule has 0 atom stereocenters. The lowest BCUT2D eigenvalue weighted by Gasteiger charge is -2.11. The van der Waals surface area contributed by atoms with Crippen molar-refractivity contribution >= 4 is 28.9 Å². The third kappa shape index (κ3) is 3.67. The lowest BCUT2D eigenvalue weighted by atomic mass is 10.1. The summed E-state index contributed by atoms with van der Waals surface area (Å²) in [4.78, 5) is 10.8. The Morgan fingerprint density at radius 2 is 2.07 bits per heavy atom. The van der Waals surface area contributed by atoms with Gasteiger partial charge in [0.05, 0.1) is 0 Å². The van der Waals surface area contributed by atoms with Crippen LogP contribution in [0.5, 0.6) is 0 Å². The molecule has 0 unspecified atom stereocenters. The molecule has 2 N–H and O–H groups in total. The van der Waals surface area contributed by atoms with Crippen molar-refractivity contribution in [3.63, 3.8) is 0 Å². The summed E-state index contributed by atoms with van der Waals surface area (Å²) >= 11 is 4.98. The first-order valence-electron chi connectivity index (χ1n) is 4.80. The van der Waals surface area contributed by atoms with Crippen molar-refractivity contribution in [1.82, 2.24) is 5.32 Å². The number of anilines is 1. The molecule has 0 bridgehead atoms. The third-order valence-corrected chi connectivity index (χ3v) is 2.14. The van der Waals surface area contributed by atoms with E-state index < -0.39 is 0 Å². The average molecular weight is 222 g/mol. The van der Waals surface area contributed by atoms with Gasteiger partial charge in [-0.25, -0.2) is 0 Å². The zero-order valence-corrected chi connectivity index (χ0v) is 9.65. The summed E-state index contributed by atoms with van der Waals surface area (Å²) < 4.78 is 0. The van der Waals surface area contributed by atoms with Crippen molar-refractivity contribution in [3.05, 3.63) is 29.8 Å². The van der Waals surface area contributed by atoms with Crippen LogP contribution >= 0.6 is 12.2 Å². The van der Waals surface area contributed by atoms with Crippen molar-refractivity contribution < 1.29 is 4.79 Å². The van der Waals surface area contributed by atoms with Crippen LogP contribution in [0.4, 0.5) is 5.69 Å². The summed E-state index contributed by atoms with van der Waals surface area (Å²) in [6.45, 7) is 3.50. The normalized spacial score (nSPS) is 9.47. The van der Waals surface area contributed by atoms with E-state index in [0.29, 0.717) is 5.11 Å². The van der Waals surface area contributed by atoms with E-state index in [1.807, 2.05) is 24.3 Å². The number of amides is 1. The number of carbonyl (C=O) groups excluding carboxylic acids is 1. The Hall–Kier alpha value is -1.42. The molecule has 0 aromatic heterocycles. The van der Waals surface area contributed by atoms with Crippen LogP contribution in [0.1, 0.15) is 19.4 Å². The molecule has 0 aliphatic rings. The van der Waals surface area contributed by atoms with E-state index in [2.05, 4.69) is 17.6 Å². The van der Waals surface area contributed by atoms with Gasteiger partial charge in [-0.2, -0.15) is 0 Å². The Balaban J connectivity index is 2.71. The second kappa shape index (κ2) is 5.46. The molecular formula is C11H14N2OS. The first-order chi connectivity index (χ1) is 7.13. The lowest BCUT2D eigenvalue weighted by Crippen LogP contribution is -2.32. The summed E-state index contributed by atoms with van der Waals surface area (Å²) in [6, 6.07) is 7.87. The zero-order valence-electron chi connectivity index (χ0n) is 8.83. The molecule has 80 valence electrons. The van der Waals surface area contributed by atoms with Crippen LogP contribution < -0.4 is 10.6 Å².